The van der Waals surface area contributed by atoms with Crippen LogP contribution in [-0.4, -0.2) is 11.0 Å². The summed E-state index contributed by atoms with van der Waals surface area (Å²) in [5, 5.41) is 12.3. The molecule has 0 bridgehead atoms. The van der Waals surface area contributed by atoms with Gasteiger partial charge in [-0.2, -0.15) is 0 Å². The second kappa shape index (κ2) is 5.74. The van der Waals surface area contributed by atoms with E-state index in [0.29, 0.717) is 0 Å². The summed E-state index contributed by atoms with van der Waals surface area (Å²) in [5.41, 5.74) is 1.71. The fourth-order valence-corrected chi connectivity index (χ4v) is 1.94. The number of hydrogen-bond donors (Lipinski definition) is 2. The number of carbonyl (C=O) groups is 1. The Labute approximate surface area is 117 Å². The Morgan fingerprint density at radius 2 is 1.85 bits per heavy atom. The zero-order chi connectivity index (χ0) is 14.7. The molecule has 2 aromatic rings. The first-order valence-corrected chi connectivity index (χ1v) is 6.34. The van der Waals surface area contributed by atoms with Crippen LogP contribution >= 0.6 is 0 Å². The van der Waals surface area contributed by atoms with Gasteiger partial charge in [0.1, 0.15) is 17.1 Å². The van der Waals surface area contributed by atoms with E-state index in [2.05, 4.69) is 5.32 Å². The molecular weight excluding hydrogens is 257 g/mol. The first-order chi connectivity index (χ1) is 9.49. The van der Waals surface area contributed by atoms with Crippen molar-refractivity contribution in [2.75, 3.05) is 0 Å². The summed E-state index contributed by atoms with van der Waals surface area (Å²) in [6.07, 6.45) is 0. The summed E-state index contributed by atoms with van der Waals surface area (Å²) < 4.78 is 13.6. The number of amides is 1. The minimum atomic E-state index is -0.737. The molecule has 0 saturated carbocycles. The molecular formula is C16H16FNO2. The summed E-state index contributed by atoms with van der Waals surface area (Å²) >= 11 is 0. The lowest BCUT2D eigenvalue weighted by molar-refractivity contribution is 0.0933. The molecule has 0 aliphatic carbocycles. The van der Waals surface area contributed by atoms with Crippen LogP contribution in [0.4, 0.5) is 4.39 Å². The maximum atomic E-state index is 13.6. The fraction of sp³-hybridized carbons (Fsp3) is 0.188. The van der Waals surface area contributed by atoms with Crippen molar-refractivity contribution >= 4 is 5.91 Å². The third-order valence-corrected chi connectivity index (χ3v) is 3.14. The van der Waals surface area contributed by atoms with Gasteiger partial charge in [-0.05, 0) is 31.5 Å². The molecule has 1 unspecified atom stereocenters. The van der Waals surface area contributed by atoms with E-state index in [1.165, 1.54) is 12.1 Å². The highest BCUT2D eigenvalue weighted by Crippen LogP contribution is 2.21. The molecule has 2 aromatic carbocycles. The number of hydrogen-bond acceptors (Lipinski definition) is 2. The first-order valence-electron chi connectivity index (χ1n) is 6.34. The van der Waals surface area contributed by atoms with Crippen LogP contribution in [0.2, 0.25) is 0 Å². The van der Waals surface area contributed by atoms with Gasteiger partial charge < -0.3 is 10.4 Å². The number of carbonyl (C=O) groups excluding carboxylic acids is 1. The van der Waals surface area contributed by atoms with Crippen LogP contribution in [0, 0.1) is 12.7 Å². The van der Waals surface area contributed by atoms with E-state index in [-0.39, 0.29) is 17.4 Å². The molecule has 0 spiro atoms. The molecule has 2 N–H and O–H groups in total. The van der Waals surface area contributed by atoms with Gasteiger partial charge in [0.25, 0.3) is 5.91 Å². The van der Waals surface area contributed by atoms with Crippen molar-refractivity contribution in [3.63, 3.8) is 0 Å². The molecule has 20 heavy (non-hydrogen) atoms. The molecule has 0 fully saturated rings. The Bertz CT molecular complexity index is 603. The van der Waals surface area contributed by atoms with Gasteiger partial charge in [0, 0.05) is 0 Å². The number of phenolic OH excluding ortho intramolecular Hbond substituents is 1. The monoisotopic (exact) mass is 273 g/mol. The number of aromatic hydroxyl groups is 1. The lowest BCUT2D eigenvalue weighted by Gasteiger charge is -2.15. The summed E-state index contributed by atoms with van der Waals surface area (Å²) in [6, 6.07) is 11.2. The summed E-state index contributed by atoms with van der Waals surface area (Å²) in [5.74, 6) is -1.73. The fourth-order valence-electron chi connectivity index (χ4n) is 1.94. The Balaban J connectivity index is 2.17. The minimum absolute atomic E-state index is 0.276. The van der Waals surface area contributed by atoms with Crippen molar-refractivity contribution in [2.24, 2.45) is 0 Å². The standard InChI is InChI=1S/C16H16FNO2/c1-10-6-8-12(9-7-10)11(2)18-16(20)15-13(17)4-3-5-14(15)19/h3-9,11,19H,1-2H3,(H,18,20). The van der Waals surface area contributed by atoms with E-state index in [1.54, 1.807) is 6.92 Å². The predicted octanol–water partition coefficient (Wildman–Crippen LogP) is 3.33. The Morgan fingerprint density at radius 3 is 2.45 bits per heavy atom. The number of aryl methyl sites for hydroxylation is 1. The molecule has 0 heterocycles. The maximum Gasteiger partial charge on any atom is 0.258 e. The number of phenols is 1. The van der Waals surface area contributed by atoms with Crippen LogP contribution in [0.5, 0.6) is 5.75 Å². The lowest BCUT2D eigenvalue weighted by atomic mass is 10.1. The van der Waals surface area contributed by atoms with Crippen LogP contribution in [0.15, 0.2) is 42.5 Å². The Kier molecular flexibility index (Phi) is 4.03. The van der Waals surface area contributed by atoms with Crippen molar-refractivity contribution in [3.05, 3.63) is 65.0 Å². The van der Waals surface area contributed by atoms with Gasteiger partial charge in [0.2, 0.25) is 0 Å². The van der Waals surface area contributed by atoms with E-state index < -0.39 is 11.7 Å². The topological polar surface area (TPSA) is 49.3 Å². The second-order valence-electron chi connectivity index (χ2n) is 4.74. The molecule has 0 radical (unpaired) electrons. The quantitative estimate of drug-likeness (QED) is 0.901. The van der Waals surface area contributed by atoms with Crippen LogP contribution in [0.1, 0.15) is 34.5 Å². The van der Waals surface area contributed by atoms with Crippen LogP contribution in [-0.2, 0) is 0 Å². The Hall–Kier alpha value is -2.36. The average Bonchev–Trinajstić information content (AvgIpc) is 2.39. The molecule has 3 nitrogen and oxygen atoms in total. The zero-order valence-electron chi connectivity index (χ0n) is 11.4. The van der Waals surface area contributed by atoms with Crippen LogP contribution in [0.25, 0.3) is 0 Å². The molecule has 0 saturated heterocycles. The van der Waals surface area contributed by atoms with E-state index >= 15 is 0 Å². The molecule has 1 amide bonds. The largest absolute Gasteiger partial charge is 0.507 e. The van der Waals surface area contributed by atoms with E-state index in [0.717, 1.165) is 17.2 Å². The smallest absolute Gasteiger partial charge is 0.258 e. The van der Waals surface area contributed by atoms with Gasteiger partial charge in [-0.3, -0.25) is 4.79 Å². The molecule has 0 aromatic heterocycles. The van der Waals surface area contributed by atoms with Gasteiger partial charge >= 0.3 is 0 Å². The van der Waals surface area contributed by atoms with Gasteiger partial charge in [0.15, 0.2) is 0 Å². The van der Waals surface area contributed by atoms with Gasteiger partial charge in [0.05, 0.1) is 6.04 Å². The lowest BCUT2D eigenvalue weighted by Crippen LogP contribution is -2.27. The highest BCUT2D eigenvalue weighted by atomic mass is 19.1. The van der Waals surface area contributed by atoms with Crippen LogP contribution < -0.4 is 5.32 Å². The maximum absolute atomic E-state index is 13.6. The van der Waals surface area contributed by atoms with Crippen molar-refractivity contribution in [2.45, 2.75) is 19.9 Å². The van der Waals surface area contributed by atoms with Crippen molar-refractivity contribution < 1.29 is 14.3 Å². The normalized spacial score (nSPS) is 11.9. The highest BCUT2D eigenvalue weighted by Gasteiger charge is 2.18. The third kappa shape index (κ3) is 2.96. The average molecular weight is 273 g/mol. The number of nitrogens with one attached hydrogen (secondary N) is 1. The van der Waals surface area contributed by atoms with Crippen molar-refractivity contribution in [1.82, 2.24) is 5.32 Å². The zero-order valence-corrected chi connectivity index (χ0v) is 11.4. The van der Waals surface area contributed by atoms with E-state index in [4.69, 9.17) is 0 Å². The second-order valence-corrected chi connectivity index (χ2v) is 4.74. The Morgan fingerprint density at radius 1 is 1.20 bits per heavy atom. The molecule has 4 heteroatoms. The molecule has 0 aliphatic rings. The SMILES string of the molecule is Cc1ccc(C(C)NC(=O)c2c(O)cccc2F)cc1. The summed E-state index contributed by atoms with van der Waals surface area (Å²) in [4.78, 5) is 12.0. The van der Waals surface area contributed by atoms with Gasteiger partial charge in [-0.15, -0.1) is 0 Å². The molecule has 104 valence electrons. The van der Waals surface area contributed by atoms with Gasteiger partial charge in [-0.25, -0.2) is 4.39 Å². The highest BCUT2D eigenvalue weighted by molar-refractivity contribution is 5.97. The first kappa shape index (κ1) is 14.1. The number of rotatable bonds is 3. The van der Waals surface area contributed by atoms with Crippen molar-refractivity contribution in [3.8, 4) is 5.75 Å². The minimum Gasteiger partial charge on any atom is -0.507 e. The third-order valence-electron chi connectivity index (χ3n) is 3.14. The van der Waals surface area contributed by atoms with Crippen molar-refractivity contribution in [1.29, 1.82) is 0 Å². The van der Waals surface area contributed by atoms with Crippen LogP contribution in [0.3, 0.4) is 0 Å². The predicted molar refractivity (Wildman–Crippen MR) is 75.1 cm³/mol. The number of halogens is 1. The molecule has 0 aliphatic heterocycles. The molecule has 2 rings (SSSR count). The van der Waals surface area contributed by atoms with E-state index in [9.17, 15) is 14.3 Å². The summed E-state index contributed by atoms with van der Waals surface area (Å²) in [7, 11) is 0. The van der Waals surface area contributed by atoms with E-state index in [1.807, 2.05) is 31.2 Å². The summed E-state index contributed by atoms with van der Waals surface area (Å²) in [6.45, 7) is 3.78. The molecule has 1 atom stereocenters. The number of benzene rings is 2. The van der Waals surface area contributed by atoms with Gasteiger partial charge in [-0.1, -0.05) is 35.9 Å².